The molecule has 1 saturated heterocycles. The maximum Gasteiger partial charge on any atom is 0.261 e. The average molecular weight is 425 g/mol. The van der Waals surface area contributed by atoms with Gasteiger partial charge in [0.15, 0.2) is 5.13 Å². The fraction of sp³-hybridized carbons (Fsp3) is 0.318. The molecular weight excluding hydrogens is 400 g/mol. The highest BCUT2D eigenvalue weighted by molar-refractivity contribution is 7.13. The van der Waals surface area contributed by atoms with Crippen molar-refractivity contribution < 1.29 is 14.3 Å². The van der Waals surface area contributed by atoms with Gasteiger partial charge in [-0.3, -0.25) is 9.78 Å². The largest absolute Gasteiger partial charge is 0.496 e. The summed E-state index contributed by atoms with van der Waals surface area (Å²) in [4.78, 5) is 24.1. The zero-order valence-electron chi connectivity index (χ0n) is 17.2. The molecule has 1 aromatic carbocycles. The second kappa shape index (κ2) is 8.71. The zero-order chi connectivity index (χ0) is 21.1. The molecule has 3 heterocycles. The minimum atomic E-state index is -0.0828. The monoisotopic (exact) mass is 424 g/mol. The SMILES string of the molecule is COc1cccc(OC)c1C(=O)N1CC[C@@H](c2cc(Nc3nccs3)cc(C)n2)C1. The first-order valence-corrected chi connectivity index (χ1v) is 10.6. The van der Waals surface area contributed by atoms with E-state index < -0.39 is 0 Å². The molecule has 2 aromatic heterocycles. The number of aromatic nitrogens is 2. The van der Waals surface area contributed by atoms with E-state index in [9.17, 15) is 4.79 Å². The van der Waals surface area contributed by atoms with E-state index in [2.05, 4.69) is 16.4 Å². The van der Waals surface area contributed by atoms with E-state index in [0.29, 0.717) is 30.2 Å². The summed E-state index contributed by atoms with van der Waals surface area (Å²) in [5.74, 6) is 1.13. The Balaban J connectivity index is 1.54. The lowest BCUT2D eigenvalue weighted by molar-refractivity contribution is 0.0783. The zero-order valence-corrected chi connectivity index (χ0v) is 18.0. The van der Waals surface area contributed by atoms with Gasteiger partial charge in [0.1, 0.15) is 17.1 Å². The Morgan fingerprint density at radius 2 is 2.00 bits per heavy atom. The van der Waals surface area contributed by atoms with Crippen LogP contribution in [-0.4, -0.2) is 48.1 Å². The summed E-state index contributed by atoms with van der Waals surface area (Å²) < 4.78 is 10.8. The molecule has 1 aliphatic rings. The number of thiazole rings is 1. The third kappa shape index (κ3) is 4.09. The summed E-state index contributed by atoms with van der Waals surface area (Å²) in [7, 11) is 3.12. The summed E-state index contributed by atoms with van der Waals surface area (Å²) in [6, 6.07) is 9.43. The van der Waals surface area contributed by atoms with E-state index >= 15 is 0 Å². The van der Waals surface area contributed by atoms with Crippen molar-refractivity contribution in [2.45, 2.75) is 19.3 Å². The van der Waals surface area contributed by atoms with Gasteiger partial charge in [-0.15, -0.1) is 11.3 Å². The van der Waals surface area contributed by atoms with Crippen LogP contribution in [0.2, 0.25) is 0 Å². The number of nitrogens with zero attached hydrogens (tertiary/aromatic N) is 3. The number of methoxy groups -OCH3 is 2. The van der Waals surface area contributed by atoms with Crippen molar-refractivity contribution in [3.63, 3.8) is 0 Å². The van der Waals surface area contributed by atoms with Crippen LogP contribution in [0, 0.1) is 6.92 Å². The van der Waals surface area contributed by atoms with Gasteiger partial charge in [-0.2, -0.15) is 0 Å². The van der Waals surface area contributed by atoms with Crippen LogP contribution in [0.15, 0.2) is 41.9 Å². The molecule has 0 unspecified atom stereocenters. The van der Waals surface area contributed by atoms with Crippen LogP contribution in [0.4, 0.5) is 10.8 Å². The van der Waals surface area contributed by atoms with E-state index in [1.165, 1.54) is 0 Å². The highest BCUT2D eigenvalue weighted by atomic mass is 32.1. The van der Waals surface area contributed by atoms with Crippen molar-refractivity contribution in [2.24, 2.45) is 0 Å². The molecule has 1 amide bonds. The number of carbonyl (C=O) groups excluding carboxylic acids is 1. The van der Waals surface area contributed by atoms with Crippen LogP contribution in [0.5, 0.6) is 11.5 Å². The van der Waals surface area contributed by atoms with Gasteiger partial charge < -0.3 is 19.7 Å². The lowest BCUT2D eigenvalue weighted by atomic mass is 10.0. The number of ether oxygens (including phenoxy) is 2. The number of benzene rings is 1. The van der Waals surface area contributed by atoms with Gasteiger partial charge in [-0.25, -0.2) is 4.98 Å². The predicted octanol–water partition coefficient (Wildman–Crippen LogP) is 4.24. The fourth-order valence-corrected chi connectivity index (χ4v) is 4.34. The maximum atomic E-state index is 13.3. The van der Waals surface area contributed by atoms with Crippen LogP contribution < -0.4 is 14.8 Å². The topological polar surface area (TPSA) is 76.6 Å². The van der Waals surface area contributed by atoms with Crippen LogP contribution in [0.25, 0.3) is 0 Å². The molecular formula is C22H24N4O3S. The predicted molar refractivity (Wildman–Crippen MR) is 117 cm³/mol. The van der Waals surface area contributed by atoms with Gasteiger partial charge in [0, 0.05) is 47.7 Å². The molecule has 0 spiro atoms. The van der Waals surface area contributed by atoms with E-state index in [1.807, 2.05) is 29.3 Å². The van der Waals surface area contributed by atoms with Gasteiger partial charge in [0.25, 0.3) is 5.91 Å². The number of amides is 1. The number of aryl methyl sites for hydroxylation is 1. The molecule has 30 heavy (non-hydrogen) atoms. The third-order valence-electron chi connectivity index (χ3n) is 5.19. The van der Waals surface area contributed by atoms with Gasteiger partial charge >= 0.3 is 0 Å². The molecule has 0 saturated carbocycles. The number of hydrogen-bond acceptors (Lipinski definition) is 7. The highest BCUT2D eigenvalue weighted by Crippen LogP contribution is 2.34. The average Bonchev–Trinajstić information content (AvgIpc) is 3.44. The second-order valence-corrected chi connectivity index (χ2v) is 8.05. The number of rotatable bonds is 6. The van der Waals surface area contributed by atoms with E-state index in [-0.39, 0.29) is 11.8 Å². The summed E-state index contributed by atoms with van der Waals surface area (Å²) in [5.41, 5.74) is 3.34. The minimum Gasteiger partial charge on any atom is -0.496 e. The lowest BCUT2D eigenvalue weighted by Crippen LogP contribution is -2.29. The van der Waals surface area contributed by atoms with Crippen LogP contribution in [-0.2, 0) is 0 Å². The number of nitrogens with one attached hydrogen (secondary N) is 1. The highest BCUT2D eigenvalue weighted by Gasteiger charge is 2.32. The van der Waals surface area contributed by atoms with Crippen molar-refractivity contribution in [2.75, 3.05) is 32.6 Å². The van der Waals surface area contributed by atoms with E-state index in [0.717, 1.165) is 28.6 Å². The van der Waals surface area contributed by atoms with Gasteiger partial charge in [-0.05, 0) is 37.6 Å². The molecule has 156 valence electrons. The van der Waals surface area contributed by atoms with Crippen LogP contribution in [0.1, 0.15) is 34.1 Å². The number of hydrogen-bond donors (Lipinski definition) is 1. The normalized spacial score (nSPS) is 15.8. The van der Waals surface area contributed by atoms with Crippen molar-refractivity contribution in [1.29, 1.82) is 0 Å². The number of likely N-dealkylation sites (tertiary alicyclic amines) is 1. The van der Waals surface area contributed by atoms with Gasteiger partial charge in [-0.1, -0.05) is 6.07 Å². The number of carbonyl (C=O) groups is 1. The standard InChI is InChI=1S/C22H24N4O3S/c1-14-11-16(25-22-23-8-10-30-22)12-17(24-14)15-7-9-26(13-15)21(27)20-18(28-2)5-4-6-19(20)29-3/h4-6,8,10-12,15H,7,9,13H2,1-3H3,(H,23,24,25)/t15-/m1/s1. The maximum absolute atomic E-state index is 13.3. The number of anilines is 2. The Labute approximate surface area is 179 Å². The smallest absolute Gasteiger partial charge is 0.261 e. The van der Waals surface area contributed by atoms with Crippen molar-refractivity contribution >= 4 is 28.1 Å². The Morgan fingerprint density at radius 3 is 2.67 bits per heavy atom. The molecule has 0 bridgehead atoms. The van der Waals surface area contributed by atoms with Crippen molar-refractivity contribution in [3.8, 4) is 11.5 Å². The van der Waals surface area contributed by atoms with Crippen LogP contribution >= 0.6 is 11.3 Å². The second-order valence-electron chi connectivity index (χ2n) is 7.16. The molecule has 7 nitrogen and oxygen atoms in total. The van der Waals surface area contributed by atoms with E-state index in [4.69, 9.17) is 14.5 Å². The third-order valence-corrected chi connectivity index (χ3v) is 5.88. The minimum absolute atomic E-state index is 0.0828. The first-order chi connectivity index (χ1) is 14.6. The van der Waals surface area contributed by atoms with Crippen molar-refractivity contribution in [1.82, 2.24) is 14.9 Å². The van der Waals surface area contributed by atoms with E-state index in [1.54, 1.807) is 43.9 Å². The van der Waals surface area contributed by atoms with Crippen molar-refractivity contribution in [3.05, 3.63) is 58.9 Å². The Bertz CT molecular complexity index is 1020. The first kappa shape index (κ1) is 20.2. The molecule has 1 atom stereocenters. The molecule has 1 fully saturated rings. The fourth-order valence-electron chi connectivity index (χ4n) is 3.79. The molecule has 3 aromatic rings. The quantitative estimate of drug-likeness (QED) is 0.638. The Hall–Kier alpha value is -3.13. The molecule has 0 aliphatic carbocycles. The summed E-state index contributed by atoms with van der Waals surface area (Å²) in [6.07, 6.45) is 2.63. The van der Waals surface area contributed by atoms with Gasteiger partial charge in [0.05, 0.1) is 14.2 Å². The van der Waals surface area contributed by atoms with Crippen LogP contribution in [0.3, 0.4) is 0 Å². The molecule has 0 radical (unpaired) electrons. The summed E-state index contributed by atoms with van der Waals surface area (Å²) >= 11 is 1.55. The molecule has 4 rings (SSSR count). The summed E-state index contributed by atoms with van der Waals surface area (Å²) in [5, 5.41) is 6.11. The van der Waals surface area contributed by atoms with Gasteiger partial charge in [0.2, 0.25) is 0 Å². The molecule has 1 N–H and O–H groups in total. The first-order valence-electron chi connectivity index (χ1n) is 9.74. The lowest BCUT2D eigenvalue weighted by Gasteiger charge is -2.20. The summed E-state index contributed by atoms with van der Waals surface area (Å²) in [6.45, 7) is 3.25. The molecule has 1 aliphatic heterocycles. The Kier molecular flexibility index (Phi) is 5.85. The molecule has 8 heteroatoms. The number of pyridine rings is 1. The Morgan fingerprint density at radius 1 is 1.23 bits per heavy atom.